The highest BCUT2D eigenvalue weighted by Gasteiger charge is 2.18. The molecule has 0 radical (unpaired) electrons. The van der Waals surface area contributed by atoms with Crippen LogP contribution in [-0.2, 0) is 4.79 Å². The summed E-state index contributed by atoms with van der Waals surface area (Å²) >= 11 is 1.33. The highest BCUT2D eigenvalue weighted by atomic mass is 32.2. The third kappa shape index (κ3) is 5.07. The average Bonchev–Trinajstić information content (AvgIpc) is 3.17. The molecule has 2 aromatic carbocycles. The molecule has 8 heteroatoms. The van der Waals surface area contributed by atoms with Crippen molar-refractivity contribution in [2.24, 2.45) is 0 Å². The lowest BCUT2D eigenvalue weighted by atomic mass is 10.1. The summed E-state index contributed by atoms with van der Waals surface area (Å²) in [4.78, 5) is 23.7. The number of methoxy groups -OCH3 is 1. The second-order valence-corrected chi connectivity index (χ2v) is 7.91. The Hall–Kier alpha value is -3.13. The number of hydrogen-bond acceptors (Lipinski definition) is 6. The molecule has 0 aliphatic carbocycles. The Bertz CT molecular complexity index is 1030. The van der Waals surface area contributed by atoms with Gasteiger partial charge in [0, 0.05) is 22.9 Å². The number of rotatable bonds is 8. The van der Waals surface area contributed by atoms with Crippen LogP contribution in [0.5, 0.6) is 5.75 Å². The number of nitrogens with zero attached hydrogens (tertiary/aromatic N) is 3. The summed E-state index contributed by atoms with van der Waals surface area (Å²) in [5.74, 6) is 1.55. The molecule has 0 saturated carbocycles. The summed E-state index contributed by atoms with van der Waals surface area (Å²) in [6.45, 7) is 5.61. The fourth-order valence-corrected chi connectivity index (χ4v) is 3.76. The van der Waals surface area contributed by atoms with Crippen molar-refractivity contribution in [3.63, 3.8) is 0 Å². The van der Waals surface area contributed by atoms with Crippen molar-refractivity contribution in [1.29, 1.82) is 0 Å². The minimum Gasteiger partial charge on any atom is -0.497 e. The Morgan fingerprint density at radius 1 is 1.07 bits per heavy atom. The van der Waals surface area contributed by atoms with E-state index >= 15 is 0 Å². The molecule has 0 aliphatic heterocycles. The van der Waals surface area contributed by atoms with Crippen LogP contribution in [0.15, 0.2) is 53.7 Å². The monoisotopic (exact) mass is 424 g/mol. The lowest BCUT2D eigenvalue weighted by molar-refractivity contribution is -0.113. The molecule has 0 aliphatic rings. The van der Waals surface area contributed by atoms with E-state index in [-0.39, 0.29) is 23.5 Å². The maximum Gasteiger partial charge on any atom is 0.234 e. The van der Waals surface area contributed by atoms with Crippen LogP contribution in [0.4, 0.5) is 5.69 Å². The zero-order valence-corrected chi connectivity index (χ0v) is 18.2. The molecule has 0 fully saturated rings. The summed E-state index contributed by atoms with van der Waals surface area (Å²) in [7, 11) is 1.63. The van der Waals surface area contributed by atoms with Crippen LogP contribution in [0.1, 0.15) is 37.2 Å². The lowest BCUT2D eigenvalue weighted by Gasteiger charge is -2.14. The van der Waals surface area contributed by atoms with Crippen molar-refractivity contribution in [2.75, 3.05) is 18.2 Å². The molecule has 1 amide bonds. The quantitative estimate of drug-likeness (QED) is 0.424. The molecule has 1 heterocycles. The van der Waals surface area contributed by atoms with E-state index in [4.69, 9.17) is 4.74 Å². The molecule has 1 aromatic heterocycles. The van der Waals surface area contributed by atoms with Crippen LogP contribution in [0.2, 0.25) is 0 Å². The third-order valence-electron chi connectivity index (χ3n) is 4.44. The molecule has 7 nitrogen and oxygen atoms in total. The second kappa shape index (κ2) is 9.58. The Balaban J connectivity index is 1.69. The number of ketones is 1. The van der Waals surface area contributed by atoms with Gasteiger partial charge in [-0.3, -0.25) is 14.2 Å². The van der Waals surface area contributed by atoms with Gasteiger partial charge in [0.1, 0.15) is 5.75 Å². The number of nitrogens with one attached hydrogen (secondary N) is 1. The largest absolute Gasteiger partial charge is 0.497 e. The fourth-order valence-electron chi connectivity index (χ4n) is 2.89. The summed E-state index contributed by atoms with van der Waals surface area (Å²) in [5, 5.41) is 12.1. The molecule has 1 N–H and O–H groups in total. The third-order valence-corrected chi connectivity index (χ3v) is 5.38. The Morgan fingerprint density at radius 3 is 2.30 bits per heavy atom. The molecule has 0 spiro atoms. The predicted octanol–water partition coefficient (Wildman–Crippen LogP) is 4.47. The first-order valence-corrected chi connectivity index (χ1v) is 10.5. The second-order valence-electron chi connectivity index (χ2n) is 6.97. The molecule has 3 aromatic rings. The first kappa shape index (κ1) is 21.6. The summed E-state index contributed by atoms with van der Waals surface area (Å²) in [6, 6.07) is 14.6. The first-order chi connectivity index (χ1) is 14.4. The smallest absolute Gasteiger partial charge is 0.234 e. The minimum absolute atomic E-state index is 0.0101. The SMILES string of the molecule is COc1ccc(-c2nnc(SCC(=O)Nc3ccc(C(C)=O)cc3)n2C(C)C)cc1. The number of hydrogen-bond donors (Lipinski definition) is 1. The molecular weight excluding hydrogens is 400 g/mol. The standard InChI is InChI=1S/C22H24N4O3S/c1-14(2)26-21(17-7-11-19(29-4)12-8-17)24-25-22(26)30-13-20(28)23-18-9-5-16(6-10-18)15(3)27/h5-12,14H,13H2,1-4H3,(H,23,28). The van der Waals surface area contributed by atoms with Crippen molar-refractivity contribution in [2.45, 2.75) is 32.0 Å². The van der Waals surface area contributed by atoms with E-state index in [1.807, 2.05) is 28.8 Å². The van der Waals surface area contributed by atoms with Crippen molar-refractivity contribution in [1.82, 2.24) is 14.8 Å². The summed E-state index contributed by atoms with van der Waals surface area (Å²) < 4.78 is 7.23. The minimum atomic E-state index is -0.153. The number of Topliss-reactive ketones (excluding diaryl/α,β-unsaturated/α-hetero) is 1. The molecule has 3 rings (SSSR count). The normalized spacial score (nSPS) is 10.8. The van der Waals surface area contributed by atoms with Crippen molar-refractivity contribution < 1.29 is 14.3 Å². The van der Waals surface area contributed by atoms with Crippen molar-refractivity contribution >= 4 is 29.1 Å². The number of benzene rings is 2. The van der Waals surface area contributed by atoms with Crippen LogP contribution < -0.4 is 10.1 Å². The topological polar surface area (TPSA) is 86.1 Å². The van der Waals surface area contributed by atoms with Crippen LogP contribution in [0.25, 0.3) is 11.4 Å². The van der Waals surface area contributed by atoms with Crippen LogP contribution >= 0.6 is 11.8 Å². The summed E-state index contributed by atoms with van der Waals surface area (Å²) in [5.41, 5.74) is 2.19. The number of ether oxygens (including phenoxy) is 1. The van der Waals surface area contributed by atoms with Gasteiger partial charge in [-0.2, -0.15) is 0 Å². The van der Waals surface area contributed by atoms with Gasteiger partial charge in [0.15, 0.2) is 16.8 Å². The molecule has 0 atom stereocenters. The maximum absolute atomic E-state index is 12.4. The average molecular weight is 425 g/mol. The van der Waals surface area contributed by atoms with Gasteiger partial charge in [-0.25, -0.2) is 0 Å². The highest BCUT2D eigenvalue weighted by Crippen LogP contribution is 2.28. The van der Waals surface area contributed by atoms with Gasteiger partial charge in [-0.15, -0.1) is 10.2 Å². The van der Waals surface area contributed by atoms with Gasteiger partial charge in [-0.1, -0.05) is 11.8 Å². The predicted molar refractivity (Wildman–Crippen MR) is 118 cm³/mol. The molecule has 0 saturated heterocycles. The van der Waals surface area contributed by atoms with Gasteiger partial charge in [-0.05, 0) is 69.3 Å². The van der Waals surface area contributed by atoms with E-state index in [0.29, 0.717) is 16.4 Å². The van der Waals surface area contributed by atoms with E-state index < -0.39 is 0 Å². The number of aromatic nitrogens is 3. The molecular formula is C22H24N4O3S. The zero-order chi connectivity index (χ0) is 21.7. The van der Waals surface area contributed by atoms with Gasteiger partial charge in [0.05, 0.1) is 12.9 Å². The van der Waals surface area contributed by atoms with Gasteiger partial charge in [0.25, 0.3) is 0 Å². The molecule has 0 unspecified atom stereocenters. The van der Waals surface area contributed by atoms with Crippen molar-refractivity contribution in [3.05, 3.63) is 54.1 Å². The van der Waals surface area contributed by atoms with E-state index in [1.54, 1.807) is 31.4 Å². The van der Waals surface area contributed by atoms with Crippen LogP contribution in [-0.4, -0.2) is 39.3 Å². The van der Waals surface area contributed by atoms with E-state index in [1.165, 1.54) is 18.7 Å². The van der Waals surface area contributed by atoms with Crippen molar-refractivity contribution in [3.8, 4) is 17.1 Å². The number of carbonyl (C=O) groups is 2. The Labute approximate surface area is 179 Å². The maximum atomic E-state index is 12.4. The van der Waals surface area contributed by atoms with Gasteiger partial charge < -0.3 is 10.1 Å². The van der Waals surface area contributed by atoms with E-state index in [9.17, 15) is 9.59 Å². The van der Waals surface area contributed by atoms with Crippen LogP contribution in [0.3, 0.4) is 0 Å². The van der Waals surface area contributed by atoms with Gasteiger partial charge in [0.2, 0.25) is 5.91 Å². The lowest BCUT2D eigenvalue weighted by Crippen LogP contribution is -2.15. The zero-order valence-electron chi connectivity index (χ0n) is 17.4. The molecule has 0 bridgehead atoms. The number of amides is 1. The first-order valence-electron chi connectivity index (χ1n) is 9.52. The Morgan fingerprint density at radius 2 is 1.73 bits per heavy atom. The molecule has 30 heavy (non-hydrogen) atoms. The van der Waals surface area contributed by atoms with Gasteiger partial charge >= 0.3 is 0 Å². The van der Waals surface area contributed by atoms with E-state index in [2.05, 4.69) is 29.4 Å². The number of anilines is 1. The highest BCUT2D eigenvalue weighted by molar-refractivity contribution is 7.99. The van der Waals surface area contributed by atoms with E-state index in [0.717, 1.165) is 17.1 Å². The molecule has 156 valence electrons. The number of thioether (sulfide) groups is 1. The fraction of sp³-hybridized carbons (Fsp3) is 0.273. The Kier molecular flexibility index (Phi) is 6.89. The van der Waals surface area contributed by atoms with Crippen LogP contribution in [0, 0.1) is 0 Å². The summed E-state index contributed by atoms with van der Waals surface area (Å²) in [6.07, 6.45) is 0. The number of carbonyl (C=O) groups excluding carboxylic acids is 2.